The van der Waals surface area contributed by atoms with Crippen LogP contribution in [-0.2, 0) is 11.3 Å². The summed E-state index contributed by atoms with van der Waals surface area (Å²) in [6, 6.07) is 10.5. The molecule has 2 N–H and O–H groups in total. The van der Waals surface area contributed by atoms with Crippen LogP contribution in [0.25, 0.3) is 0 Å². The largest absolute Gasteiger partial charge is 0.444 e. The van der Waals surface area contributed by atoms with E-state index in [1.807, 2.05) is 45.0 Å². The minimum absolute atomic E-state index is 0.364. The van der Waals surface area contributed by atoms with Crippen LogP contribution in [0.5, 0.6) is 0 Å². The lowest BCUT2D eigenvalue weighted by atomic mass is 10.0. The summed E-state index contributed by atoms with van der Waals surface area (Å²) in [6.45, 7) is 9.93. The Morgan fingerprint density at radius 1 is 1.23 bits per heavy atom. The van der Waals surface area contributed by atoms with E-state index in [0.29, 0.717) is 18.2 Å². The number of nitriles is 1. The van der Waals surface area contributed by atoms with Gasteiger partial charge in [0.05, 0.1) is 11.6 Å². The fourth-order valence-corrected chi connectivity index (χ4v) is 2.99. The molecule has 1 fully saturated rings. The number of amides is 1. The smallest absolute Gasteiger partial charge is 0.407 e. The molecule has 0 aromatic heterocycles. The molecule has 0 spiro atoms. The van der Waals surface area contributed by atoms with E-state index >= 15 is 0 Å². The molecular formula is C20H30N4O2. The predicted octanol–water partition coefficient (Wildman–Crippen LogP) is 2.64. The van der Waals surface area contributed by atoms with E-state index in [1.54, 1.807) is 0 Å². The number of alkyl carbamates (subject to hydrolysis) is 1. The van der Waals surface area contributed by atoms with Crippen molar-refractivity contribution in [2.75, 3.05) is 26.2 Å². The average Bonchev–Trinajstić information content (AvgIpc) is 2.59. The van der Waals surface area contributed by atoms with Crippen molar-refractivity contribution >= 4 is 6.09 Å². The van der Waals surface area contributed by atoms with Crippen molar-refractivity contribution in [2.24, 2.45) is 0 Å². The molecule has 0 bridgehead atoms. The first-order valence-electron chi connectivity index (χ1n) is 9.27. The lowest BCUT2D eigenvalue weighted by molar-refractivity contribution is 0.0527. The molecule has 1 saturated heterocycles. The third-order valence-corrected chi connectivity index (χ3v) is 4.30. The molecule has 1 aliphatic rings. The van der Waals surface area contributed by atoms with E-state index in [1.165, 1.54) is 5.56 Å². The van der Waals surface area contributed by atoms with Gasteiger partial charge < -0.3 is 15.4 Å². The minimum atomic E-state index is -0.459. The first kappa shape index (κ1) is 20.2. The molecule has 2 rings (SSSR count). The molecule has 26 heavy (non-hydrogen) atoms. The van der Waals surface area contributed by atoms with Gasteiger partial charge in [0.1, 0.15) is 5.60 Å². The van der Waals surface area contributed by atoms with Gasteiger partial charge in [0.15, 0.2) is 0 Å². The molecule has 1 aliphatic heterocycles. The zero-order valence-corrected chi connectivity index (χ0v) is 16.0. The lowest BCUT2D eigenvalue weighted by Crippen LogP contribution is -2.44. The number of benzene rings is 1. The van der Waals surface area contributed by atoms with Gasteiger partial charge >= 0.3 is 6.09 Å². The highest BCUT2D eigenvalue weighted by atomic mass is 16.6. The highest BCUT2D eigenvalue weighted by Gasteiger charge is 2.19. The number of carbonyl (C=O) groups excluding carboxylic acids is 1. The predicted molar refractivity (Wildman–Crippen MR) is 102 cm³/mol. The Labute approximate surface area is 156 Å². The number of hydrogen-bond donors (Lipinski definition) is 2. The second-order valence-corrected chi connectivity index (χ2v) is 7.74. The Hall–Kier alpha value is -2.10. The molecule has 0 radical (unpaired) electrons. The average molecular weight is 358 g/mol. The van der Waals surface area contributed by atoms with Crippen molar-refractivity contribution in [3.05, 3.63) is 35.4 Å². The van der Waals surface area contributed by atoms with Gasteiger partial charge in [-0.05, 0) is 64.4 Å². The van der Waals surface area contributed by atoms with Gasteiger partial charge in [0, 0.05) is 25.7 Å². The summed E-state index contributed by atoms with van der Waals surface area (Å²) < 4.78 is 5.21. The quantitative estimate of drug-likeness (QED) is 0.765. The highest BCUT2D eigenvalue weighted by Crippen LogP contribution is 2.14. The summed E-state index contributed by atoms with van der Waals surface area (Å²) in [5.74, 6) is 0. The van der Waals surface area contributed by atoms with Gasteiger partial charge in [-0.1, -0.05) is 12.1 Å². The molecule has 1 aromatic rings. The van der Waals surface area contributed by atoms with Crippen LogP contribution >= 0.6 is 0 Å². The molecule has 6 heteroatoms. The number of likely N-dealkylation sites (tertiary alicyclic amines) is 1. The Bertz CT molecular complexity index is 608. The maximum absolute atomic E-state index is 11.6. The minimum Gasteiger partial charge on any atom is -0.444 e. The fraction of sp³-hybridized carbons (Fsp3) is 0.600. The molecule has 0 aliphatic carbocycles. The number of piperidine rings is 1. The lowest BCUT2D eigenvalue weighted by Gasteiger charge is -2.32. The van der Waals surface area contributed by atoms with Crippen LogP contribution in [0, 0.1) is 11.3 Å². The number of carbonyl (C=O) groups is 1. The van der Waals surface area contributed by atoms with Crippen molar-refractivity contribution in [3.63, 3.8) is 0 Å². The van der Waals surface area contributed by atoms with E-state index < -0.39 is 5.60 Å². The number of nitrogens with zero attached hydrogens (tertiary/aromatic N) is 2. The van der Waals surface area contributed by atoms with Crippen LogP contribution < -0.4 is 10.6 Å². The van der Waals surface area contributed by atoms with Gasteiger partial charge in [0.2, 0.25) is 0 Å². The van der Waals surface area contributed by atoms with Gasteiger partial charge in [0.25, 0.3) is 0 Å². The van der Waals surface area contributed by atoms with Gasteiger partial charge in [-0.25, -0.2) is 4.79 Å². The van der Waals surface area contributed by atoms with Crippen LogP contribution in [0.4, 0.5) is 4.79 Å². The second-order valence-electron chi connectivity index (χ2n) is 7.74. The van der Waals surface area contributed by atoms with Crippen LogP contribution in [0.3, 0.4) is 0 Å². The van der Waals surface area contributed by atoms with Gasteiger partial charge in [-0.15, -0.1) is 0 Å². The standard InChI is InChI=1S/C20H30N4O2/c1-20(2,3)26-19(25)23-11-10-22-18-8-12-24(13-9-18)15-17-6-4-16(14-21)5-7-17/h4-7,18,22H,8-13,15H2,1-3H3,(H,23,25). The summed E-state index contributed by atoms with van der Waals surface area (Å²) in [5, 5.41) is 15.1. The van der Waals surface area contributed by atoms with E-state index in [4.69, 9.17) is 10.00 Å². The first-order valence-corrected chi connectivity index (χ1v) is 9.27. The maximum atomic E-state index is 11.6. The Morgan fingerprint density at radius 2 is 1.88 bits per heavy atom. The topological polar surface area (TPSA) is 77.4 Å². The molecule has 1 aromatic carbocycles. The molecule has 6 nitrogen and oxygen atoms in total. The van der Waals surface area contributed by atoms with Crippen molar-refractivity contribution in [1.29, 1.82) is 5.26 Å². The summed E-state index contributed by atoms with van der Waals surface area (Å²) >= 11 is 0. The van der Waals surface area contributed by atoms with Gasteiger partial charge in [-0.2, -0.15) is 5.26 Å². The Balaban J connectivity index is 1.59. The third-order valence-electron chi connectivity index (χ3n) is 4.30. The van der Waals surface area contributed by atoms with Gasteiger partial charge in [-0.3, -0.25) is 4.90 Å². The molecule has 0 saturated carbocycles. The van der Waals surface area contributed by atoms with E-state index in [2.05, 4.69) is 21.6 Å². The number of hydrogen-bond acceptors (Lipinski definition) is 5. The monoisotopic (exact) mass is 358 g/mol. The SMILES string of the molecule is CC(C)(C)OC(=O)NCCNC1CCN(Cc2ccc(C#N)cc2)CC1. The third kappa shape index (κ3) is 7.42. The molecule has 0 atom stereocenters. The van der Waals surface area contributed by atoms with E-state index in [0.717, 1.165) is 39.0 Å². The molecule has 142 valence electrons. The normalized spacial score (nSPS) is 16.1. The van der Waals surface area contributed by atoms with Crippen LogP contribution in [0.1, 0.15) is 44.7 Å². The highest BCUT2D eigenvalue weighted by molar-refractivity contribution is 5.67. The Kier molecular flexibility index (Phi) is 7.43. The van der Waals surface area contributed by atoms with E-state index in [-0.39, 0.29) is 6.09 Å². The summed E-state index contributed by atoms with van der Waals surface area (Å²) in [6.07, 6.45) is 1.84. The molecule has 0 unspecified atom stereocenters. The number of nitrogens with one attached hydrogen (secondary N) is 2. The summed E-state index contributed by atoms with van der Waals surface area (Å²) in [5.41, 5.74) is 1.49. The summed E-state index contributed by atoms with van der Waals surface area (Å²) in [4.78, 5) is 14.0. The molecule has 1 amide bonds. The summed E-state index contributed by atoms with van der Waals surface area (Å²) in [7, 11) is 0. The Morgan fingerprint density at radius 3 is 2.46 bits per heavy atom. The number of ether oxygens (including phenoxy) is 1. The van der Waals surface area contributed by atoms with Crippen molar-refractivity contribution in [3.8, 4) is 6.07 Å². The van der Waals surface area contributed by atoms with Crippen molar-refractivity contribution in [1.82, 2.24) is 15.5 Å². The zero-order valence-electron chi connectivity index (χ0n) is 16.0. The van der Waals surface area contributed by atoms with Crippen LogP contribution in [0.2, 0.25) is 0 Å². The second kappa shape index (κ2) is 9.56. The van der Waals surface area contributed by atoms with E-state index in [9.17, 15) is 4.79 Å². The van der Waals surface area contributed by atoms with Crippen molar-refractivity contribution < 1.29 is 9.53 Å². The molecule has 1 heterocycles. The number of rotatable bonds is 6. The first-order chi connectivity index (χ1) is 12.4. The van der Waals surface area contributed by atoms with Crippen LogP contribution in [-0.4, -0.2) is 48.8 Å². The van der Waals surface area contributed by atoms with Crippen LogP contribution in [0.15, 0.2) is 24.3 Å². The maximum Gasteiger partial charge on any atom is 0.407 e. The fourth-order valence-electron chi connectivity index (χ4n) is 2.99. The zero-order chi connectivity index (χ0) is 19.0. The molecular weight excluding hydrogens is 328 g/mol. The van der Waals surface area contributed by atoms with Crippen molar-refractivity contribution in [2.45, 2.75) is 51.8 Å².